The minimum Gasteiger partial charge on any atom is -0.342 e. The van der Waals surface area contributed by atoms with Crippen molar-refractivity contribution in [3.05, 3.63) is 169 Å². The molecule has 0 N–H and O–H groups in total. The van der Waals surface area contributed by atoms with Gasteiger partial charge in [0.05, 0.1) is 56.1 Å². The van der Waals surface area contributed by atoms with Crippen molar-refractivity contribution < 1.29 is 13.2 Å². The van der Waals surface area contributed by atoms with E-state index in [1.165, 1.54) is 0 Å². The van der Waals surface area contributed by atoms with E-state index in [2.05, 4.69) is 39.5 Å². The van der Waals surface area contributed by atoms with Crippen LogP contribution in [0.5, 0.6) is 0 Å². The SMILES string of the molecule is Cn1c2ccccc2c2ccc3c4ccccc4n(-c4cc(-c5cccc(C#N)c5)cc(-n5c6ccccc6c6ccc7c8ccccc8n(C)c7c65)c4C(F)(F)F)c3c21. The Morgan fingerprint density at radius 1 is 0.417 bits per heavy atom. The number of alkyl halides is 3. The number of halogens is 3. The van der Waals surface area contributed by atoms with E-state index < -0.39 is 11.7 Å². The molecule has 0 radical (unpaired) electrons. The zero-order valence-corrected chi connectivity index (χ0v) is 32.4. The van der Waals surface area contributed by atoms with Gasteiger partial charge in [-0.25, -0.2) is 0 Å². The highest BCUT2D eigenvalue weighted by Gasteiger charge is 2.40. The van der Waals surface area contributed by atoms with Gasteiger partial charge in [0.1, 0.15) is 5.56 Å². The van der Waals surface area contributed by atoms with Gasteiger partial charge in [0.25, 0.3) is 0 Å². The fourth-order valence-electron chi connectivity index (χ4n) is 10.1. The highest BCUT2D eigenvalue weighted by atomic mass is 19.4. The first-order chi connectivity index (χ1) is 29.2. The molecule has 0 aliphatic rings. The smallest absolute Gasteiger partial charge is 0.342 e. The van der Waals surface area contributed by atoms with E-state index in [0.29, 0.717) is 38.8 Å². The first-order valence-corrected chi connectivity index (χ1v) is 19.8. The maximum absolute atomic E-state index is 16.8. The zero-order chi connectivity index (χ0) is 40.6. The third-order valence-electron chi connectivity index (χ3n) is 12.6. The Morgan fingerprint density at radius 2 is 0.817 bits per heavy atom. The second-order valence-corrected chi connectivity index (χ2v) is 15.7. The summed E-state index contributed by atoms with van der Waals surface area (Å²) in [5, 5.41) is 17.4. The van der Waals surface area contributed by atoms with Crippen LogP contribution in [0.1, 0.15) is 11.1 Å². The fourth-order valence-corrected chi connectivity index (χ4v) is 10.1. The van der Waals surface area contributed by atoms with Crippen molar-refractivity contribution in [2.45, 2.75) is 6.18 Å². The van der Waals surface area contributed by atoms with Gasteiger partial charge in [-0.2, -0.15) is 18.4 Å². The van der Waals surface area contributed by atoms with E-state index in [4.69, 9.17) is 0 Å². The van der Waals surface area contributed by atoms with Crippen LogP contribution >= 0.6 is 0 Å². The summed E-state index contributed by atoms with van der Waals surface area (Å²) in [6.07, 6.45) is -4.83. The van der Waals surface area contributed by atoms with Crippen molar-refractivity contribution in [1.29, 1.82) is 5.26 Å². The molecule has 4 heterocycles. The van der Waals surface area contributed by atoms with Gasteiger partial charge in [-0.05, 0) is 59.7 Å². The van der Waals surface area contributed by atoms with Crippen molar-refractivity contribution in [3.8, 4) is 28.6 Å². The molecule has 286 valence electrons. The summed E-state index contributed by atoms with van der Waals surface area (Å²) in [4.78, 5) is 0. The van der Waals surface area contributed by atoms with Crippen LogP contribution in [0.25, 0.3) is 110 Å². The largest absolute Gasteiger partial charge is 0.420 e. The average molecular weight is 784 g/mol. The lowest BCUT2D eigenvalue weighted by molar-refractivity contribution is -0.137. The standard InChI is InChI=1S/C52H32F3N5/c1-57-41-18-7-3-14-33(41)37-22-24-39-35-16-5-9-20-43(35)59(50(39)48(37)57)45-27-32(31-13-11-12-30(26-31)29-56)28-46(47(45)52(53,54)55)60-44-21-10-6-17-36(44)40-25-23-38-34-15-4-8-19-42(34)58(2)49(38)51(40)60/h3-28H,1-2H3. The van der Waals surface area contributed by atoms with Gasteiger partial charge in [-0.3, -0.25) is 0 Å². The molecule has 5 nitrogen and oxygen atoms in total. The molecule has 0 aliphatic carbocycles. The van der Waals surface area contributed by atoms with E-state index in [-0.39, 0.29) is 11.4 Å². The third kappa shape index (κ3) is 4.52. The maximum atomic E-state index is 16.8. The van der Waals surface area contributed by atoms with E-state index in [1.807, 2.05) is 126 Å². The molecule has 0 atom stereocenters. The number of rotatable bonds is 3. The second-order valence-electron chi connectivity index (χ2n) is 15.7. The number of nitrogens with zero attached hydrogens (tertiary/aromatic N) is 5. The van der Waals surface area contributed by atoms with Crippen LogP contribution in [0.4, 0.5) is 13.2 Å². The minimum atomic E-state index is -4.83. The molecule has 8 heteroatoms. The number of hydrogen-bond acceptors (Lipinski definition) is 1. The van der Waals surface area contributed by atoms with Gasteiger partial charge < -0.3 is 18.3 Å². The van der Waals surface area contributed by atoms with Crippen molar-refractivity contribution in [1.82, 2.24) is 18.3 Å². The van der Waals surface area contributed by atoms with Crippen molar-refractivity contribution >= 4 is 87.2 Å². The Labute approximate surface area is 340 Å². The van der Waals surface area contributed by atoms with Crippen LogP contribution in [0.15, 0.2) is 158 Å². The van der Waals surface area contributed by atoms with Crippen LogP contribution in [-0.2, 0) is 20.3 Å². The van der Waals surface area contributed by atoms with Gasteiger partial charge in [0.2, 0.25) is 0 Å². The first-order valence-electron chi connectivity index (χ1n) is 19.8. The number of aromatic nitrogens is 4. The molecule has 0 saturated heterocycles. The first kappa shape index (κ1) is 34.3. The Bertz CT molecular complexity index is 3650. The molecule has 12 rings (SSSR count). The number of fused-ring (bicyclic) bond motifs is 14. The van der Waals surface area contributed by atoms with Crippen LogP contribution < -0.4 is 0 Å². The van der Waals surface area contributed by atoms with Gasteiger partial charge in [0, 0.05) is 68.2 Å². The molecule has 0 spiro atoms. The third-order valence-corrected chi connectivity index (χ3v) is 12.6. The Morgan fingerprint density at radius 3 is 1.25 bits per heavy atom. The Balaban J connectivity index is 1.34. The summed E-state index contributed by atoms with van der Waals surface area (Å²) < 4.78 is 58.2. The van der Waals surface area contributed by atoms with Crippen LogP contribution in [0.2, 0.25) is 0 Å². The number of para-hydroxylation sites is 4. The molecule has 4 aromatic heterocycles. The molecule has 0 bridgehead atoms. The lowest BCUT2D eigenvalue weighted by Gasteiger charge is -2.23. The van der Waals surface area contributed by atoms with Crippen molar-refractivity contribution in [3.63, 3.8) is 0 Å². The van der Waals surface area contributed by atoms with Crippen LogP contribution in [-0.4, -0.2) is 18.3 Å². The van der Waals surface area contributed by atoms with E-state index >= 15 is 13.2 Å². The molecule has 0 amide bonds. The average Bonchev–Trinajstić information content (AvgIpc) is 3.98. The molecule has 0 aliphatic heterocycles. The summed E-state index contributed by atoms with van der Waals surface area (Å²) >= 11 is 0. The number of nitriles is 1. The van der Waals surface area contributed by atoms with Crippen molar-refractivity contribution in [2.24, 2.45) is 14.1 Å². The lowest BCUT2D eigenvalue weighted by atomic mass is 9.98. The van der Waals surface area contributed by atoms with Crippen LogP contribution in [0, 0.1) is 11.3 Å². The molecule has 12 aromatic rings. The van der Waals surface area contributed by atoms with Crippen LogP contribution in [0.3, 0.4) is 0 Å². The fraction of sp³-hybridized carbons (Fsp3) is 0.0577. The molecular formula is C52H32F3N5. The summed E-state index contributed by atoms with van der Waals surface area (Å²) in [6.45, 7) is 0. The molecule has 0 saturated carbocycles. The zero-order valence-electron chi connectivity index (χ0n) is 32.4. The summed E-state index contributed by atoms with van der Waals surface area (Å²) in [7, 11) is 3.97. The van der Waals surface area contributed by atoms with E-state index in [1.54, 1.807) is 30.3 Å². The van der Waals surface area contributed by atoms with Gasteiger partial charge >= 0.3 is 6.18 Å². The highest BCUT2D eigenvalue weighted by molar-refractivity contribution is 6.25. The summed E-state index contributed by atoms with van der Waals surface area (Å²) in [5.74, 6) is 0. The topological polar surface area (TPSA) is 43.5 Å². The predicted molar refractivity (Wildman–Crippen MR) is 238 cm³/mol. The Kier molecular flexibility index (Phi) is 6.94. The summed E-state index contributed by atoms with van der Waals surface area (Å²) in [5.41, 5.74) is 7.16. The highest BCUT2D eigenvalue weighted by Crippen LogP contribution is 2.49. The maximum Gasteiger partial charge on any atom is 0.420 e. The summed E-state index contributed by atoms with van der Waals surface area (Å²) in [6, 6.07) is 52.5. The normalized spacial score (nSPS) is 12.4. The molecule has 0 unspecified atom stereocenters. The molecular weight excluding hydrogens is 752 g/mol. The molecule has 0 fully saturated rings. The quantitative estimate of drug-likeness (QED) is 0.176. The molecule has 60 heavy (non-hydrogen) atoms. The number of aryl methyl sites for hydroxylation is 2. The number of benzene rings is 8. The predicted octanol–water partition coefficient (Wildman–Crippen LogP) is 13.7. The minimum absolute atomic E-state index is 0.00327. The van der Waals surface area contributed by atoms with Crippen molar-refractivity contribution in [2.75, 3.05) is 0 Å². The Hall–Kier alpha value is -7.76. The second kappa shape index (κ2) is 12.1. The monoisotopic (exact) mass is 783 g/mol. The van der Waals surface area contributed by atoms with Gasteiger partial charge in [-0.15, -0.1) is 0 Å². The number of hydrogen-bond donors (Lipinski definition) is 0. The van der Waals surface area contributed by atoms with Gasteiger partial charge in [0.15, 0.2) is 0 Å². The van der Waals surface area contributed by atoms with E-state index in [0.717, 1.165) is 65.2 Å². The van der Waals surface area contributed by atoms with E-state index in [9.17, 15) is 5.26 Å². The van der Waals surface area contributed by atoms with Gasteiger partial charge in [-0.1, -0.05) is 109 Å². The lowest BCUT2D eigenvalue weighted by Crippen LogP contribution is -2.16. The molecule has 8 aromatic carbocycles.